The van der Waals surface area contributed by atoms with E-state index in [-0.39, 0.29) is 19.5 Å². The van der Waals surface area contributed by atoms with Crippen LogP contribution in [0.2, 0.25) is 0 Å². The molecular weight excluding hydrogens is 562 g/mol. The fraction of sp³-hybridized carbons (Fsp3) is 0.833. The van der Waals surface area contributed by atoms with Crippen LogP contribution in [-0.4, -0.2) is 22.2 Å². The van der Waals surface area contributed by atoms with E-state index in [4.69, 9.17) is 10.2 Å². The van der Waals surface area contributed by atoms with Crippen LogP contribution in [0.25, 0.3) is 0 Å². The fourth-order valence-electron chi connectivity index (χ4n) is 4.71. The van der Waals surface area contributed by atoms with Crippen molar-refractivity contribution in [3.8, 4) is 0 Å². The molecule has 0 atom stereocenters. The summed E-state index contributed by atoms with van der Waals surface area (Å²) in [5.74, 6) is -1.37. The number of carboxylic acid groups (broad SMARTS) is 2. The number of hydrogen-bond donors (Lipinski definition) is 2. The zero-order valence-corrected chi connectivity index (χ0v) is 30.5. The maximum atomic E-state index is 10.3. The largest absolute Gasteiger partial charge is 0.481 e. The molecule has 4 nitrogen and oxygen atoms in total. The first-order valence-corrected chi connectivity index (χ1v) is 17.3. The third-order valence-corrected chi connectivity index (χ3v) is 7.30. The van der Waals surface area contributed by atoms with Crippen molar-refractivity contribution in [1.29, 1.82) is 0 Å². The van der Waals surface area contributed by atoms with Crippen LogP contribution in [0.4, 0.5) is 0 Å². The van der Waals surface area contributed by atoms with Gasteiger partial charge in [-0.1, -0.05) is 154 Å². The van der Waals surface area contributed by atoms with Crippen molar-refractivity contribution in [1.82, 2.24) is 0 Å². The smallest absolute Gasteiger partial charge is 0.303 e. The topological polar surface area (TPSA) is 74.6 Å². The molecule has 0 radical (unpaired) electrons. The minimum Gasteiger partial charge on any atom is -0.481 e. The van der Waals surface area contributed by atoms with Crippen LogP contribution in [0.3, 0.4) is 0 Å². The first-order valence-electron chi connectivity index (χ1n) is 17.3. The Morgan fingerprint density at radius 1 is 0.390 bits per heavy atom. The Bertz CT molecular complexity index is 524. The Labute approximate surface area is 268 Å². The van der Waals surface area contributed by atoms with E-state index in [1.165, 1.54) is 128 Å². The van der Waals surface area contributed by atoms with Gasteiger partial charge in [-0.3, -0.25) is 9.59 Å². The molecule has 0 fully saturated rings. The third-order valence-electron chi connectivity index (χ3n) is 7.30. The van der Waals surface area contributed by atoms with E-state index in [0.717, 1.165) is 38.5 Å². The quantitative estimate of drug-likeness (QED) is 0.0471. The molecule has 0 aromatic heterocycles. The Balaban J connectivity index is -0.000000688. The van der Waals surface area contributed by atoms with Crippen molar-refractivity contribution in [3.05, 3.63) is 24.3 Å². The molecule has 0 aromatic carbocycles. The van der Waals surface area contributed by atoms with E-state index < -0.39 is 11.9 Å². The molecule has 2 N–H and O–H groups in total. The molecule has 0 aromatic rings. The van der Waals surface area contributed by atoms with Gasteiger partial charge in [0.05, 0.1) is 0 Å². The van der Waals surface area contributed by atoms with E-state index in [0.29, 0.717) is 12.8 Å². The first-order chi connectivity index (χ1) is 19.5. The predicted octanol–water partition coefficient (Wildman–Crippen LogP) is 12.2. The van der Waals surface area contributed by atoms with E-state index >= 15 is 0 Å². The van der Waals surface area contributed by atoms with Crippen LogP contribution in [-0.2, 0) is 29.1 Å². The summed E-state index contributed by atoms with van der Waals surface area (Å²) in [6, 6.07) is 0. The number of aliphatic carboxylic acids is 2. The van der Waals surface area contributed by atoms with Crippen molar-refractivity contribution in [3.63, 3.8) is 0 Å². The SMILES string of the molecule is CCCCCCCCCCCCC=CCCCC(=O)O.CCCCCCCCCCCCC=CCCCC(=O)O.[Zn]. The molecule has 0 aliphatic carbocycles. The summed E-state index contributed by atoms with van der Waals surface area (Å²) in [6.07, 6.45) is 42.6. The Morgan fingerprint density at radius 2 is 0.610 bits per heavy atom. The zero-order valence-electron chi connectivity index (χ0n) is 27.5. The minimum absolute atomic E-state index is 0. The summed E-state index contributed by atoms with van der Waals surface area (Å²) < 4.78 is 0. The molecule has 0 bridgehead atoms. The van der Waals surface area contributed by atoms with Gasteiger partial charge in [0.15, 0.2) is 0 Å². The first kappa shape index (κ1) is 44.5. The second kappa shape index (κ2) is 41.2. The molecule has 0 amide bonds. The molecule has 0 rings (SSSR count). The number of rotatable bonds is 30. The summed E-state index contributed by atoms with van der Waals surface area (Å²) in [5.41, 5.74) is 0. The number of allylic oxidation sites excluding steroid dienone is 4. The maximum absolute atomic E-state index is 10.3. The normalized spacial score (nSPS) is 11.0. The van der Waals surface area contributed by atoms with Crippen LogP contribution >= 0.6 is 0 Å². The minimum atomic E-state index is -0.687. The molecule has 0 aliphatic rings. The van der Waals surface area contributed by atoms with Crippen LogP contribution in [0.15, 0.2) is 24.3 Å². The predicted molar refractivity (Wildman–Crippen MR) is 174 cm³/mol. The molecule has 0 saturated heterocycles. The van der Waals surface area contributed by atoms with Gasteiger partial charge in [0.25, 0.3) is 0 Å². The van der Waals surface area contributed by atoms with E-state index in [9.17, 15) is 9.59 Å². The van der Waals surface area contributed by atoms with E-state index in [1.807, 2.05) is 0 Å². The van der Waals surface area contributed by atoms with Crippen molar-refractivity contribution in [2.24, 2.45) is 0 Å². The average Bonchev–Trinajstić information content (AvgIpc) is 2.93. The van der Waals surface area contributed by atoms with Gasteiger partial charge in [-0.2, -0.15) is 0 Å². The molecule has 238 valence electrons. The molecule has 0 unspecified atom stereocenters. The number of carbonyl (C=O) groups is 2. The van der Waals surface area contributed by atoms with Crippen molar-refractivity contribution < 1.29 is 39.3 Å². The second-order valence-electron chi connectivity index (χ2n) is 11.5. The second-order valence-corrected chi connectivity index (χ2v) is 11.5. The summed E-state index contributed by atoms with van der Waals surface area (Å²) in [4.78, 5) is 20.6. The van der Waals surface area contributed by atoms with Gasteiger partial charge in [0.1, 0.15) is 0 Å². The van der Waals surface area contributed by atoms with Crippen LogP contribution in [0.1, 0.15) is 194 Å². The zero-order chi connectivity index (χ0) is 29.8. The molecule has 5 heteroatoms. The van der Waals surface area contributed by atoms with Gasteiger partial charge < -0.3 is 10.2 Å². The number of unbranched alkanes of at least 4 members (excludes halogenated alkanes) is 22. The van der Waals surface area contributed by atoms with Crippen molar-refractivity contribution >= 4 is 11.9 Å². The molecule has 41 heavy (non-hydrogen) atoms. The third kappa shape index (κ3) is 49.1. The molecule has 0 aliphatic heterocycles. The van der Waals surface area contributed by atoms with Crippen molar-refractivity contribution in [2.75, 3.05) is 0 Å². The van der Waals surface area contributed by atoms with E-state index in [1.54, 1.807) is 0 Å². The summed E-state index contributed by atoms with van der Waals surface area (Å²) in [5, 5.41) is 17.0. The van der Waals surface area contributed by atoms with Crippen molar-refractivity contribution in [2.45, 2.75) is 194 Å². The van der Waals surface area contributed by atoms with Crippen LogP contribution in [0, 0.1) is 0 Å². The van der Waals surface area contributed by atoms with Crippen LogP contribution in [0.5, 0.6) is 0 Å². The molecule has 0 spiro atoms. The van der Waals surface area contributed by atoms with Gasteiger partial charge in [-0.05, 0) is 51.4 Å². The standard InChI is InChI=1S/2C18H34O2.Zn/c2*1-2-3-4-5-6-7-8-9-10-11-12-13-14-15-16-17-18(19)20;/h2*13-14H,2-12,15-17H2,1H3,(H,19,20);. The Morgan fingerprint density at radius 3 is 0.854 bits per heavy atom. The average molecular weight is 630 g/mol. The summed E-state index contributed by atoms with van der Waals surface area (Å²) in [7, 11) is 0. The summed E-state index contributed by atoms with van der Waals surface area (Å²) >= 11 is 0. The summed E-state index contributed by atoms with van der Waals surface area (Å²) in [6.45, 7) is 4.53. The van der Waals surface area contributed by atoms with Gasteiger partial charge in [0.2, 0.25) is 0 Å². The van der Waals surface area contributed by atoms with Gasteiger partial charge in [-0.25, -0.2) is 0 Å². The fourth-order valence-corrected chi connectivity index (χ4v) is 4.71. The number of hydrogen-bond acceptors (Lipinski definition) is 2. The Kier molecular flexibility index (Phi) is 44.7. The molecule has 0 saturated carbocycles. The Hall–Kier alpha value is -0.957. The van der Waals surface area contributed by atoms with Gasteiger partial charge in [-0.15, -0.1) is 0 Å². The van der Waals surface area contributed by atoms with Gasteiger partial charge >= 0.3 is 11.9 Å². The molecular formula is C36H68O4Zn. The monoisotopic (exact) mass is 628 g/mol. The van der Waals surface area contributed by atoms with Crippen LogP contribution < -0.4 is 0 Å². The molecule has 0 heterocycles. The number of carboxylic acids is 2. The van der Waals surface area contributed by atoms with E-state index in [2.05, 4.69) is 38.2 Å². The van der Waals surface area contributed by atoms with Gasteiger partial charge in [0, 0.05) is 32.3 Å². The maximum Gasteiger partial charge on any atom is 0.303 e.